The van der Waals surface area contributed by atoms with Gasteiger partial charge in [-0.2, -0.15) is 0 Å². The summed E-state index contributed by atoms with van der Waals surface area (Å²) in [5.41, 5.74) is 2.33. The molecule has 0 amide bonds. The van der Waals surface area contributed by atoms with E-state index >= 15 is 0 Å². The van der Waals surface area contributed by atoms with Crippen LogP contribution in [0, 0.1) is 13.8 Å². The van der Waals surface area contributed by atoms with E-state index in [2.05, 4.69) is 21.4 Å². The van der Waals surface area contributed by atoms with Crippen molar-refractivity contribution in [3.63, 3.8) is 0 Å². The number of aryl methyl sites for hydroxylation is 1. The van der Waals surface area contributed by atoms with Crippen molar-refractivity contribution in [2.24, 2.45) is 0 Å². The van der Waals surface area contributed by atoms with Gasteiger partial charge in [0.05, 0.1) is 22.9 Å². The second-order valence-corrected chi connectivity index (χ2v) is 8.22. The molecule has 0 atom stereocenters. The third-order valence-corrected chi connectivity index (χ3v) is 6.35. The van der Waals surface area contributed by atoms with Crippen molar-refractivity contribution < 1.29 is 8.42 Å². The van der Waals surface area contributed by atoms with Crippen LogP contribution in [0.1, 0.15) is 23.6 Å². The van der Waals surface area contributed by atoms with E-state index in [1.165, 1.54) is 5.69 Å². The topological polar surface area (TPSA) is 55.2 Å². The van der Waals surface area contributed by atoms with Gasteiger partial charge in [0.25, 0.3) is 0 Å². The number of rotatable bonds is 5. The van der Waals surface area contributed by atoms with E-state index in [1.807, 2.05) is 13.0 Å². The second-order valence-electron chi connectivity index (χ2n) is 6.11. The highest BCUT2D eigenvalue weighted by Crippen LogP contribution is 2.17. The van der Waals surface area contributed by atoms with Gasteiger partial charge in [0.15, 0.2) is 9.84 Å². The molecule has 6 heteroatoms. The van der Waals surface area contributed by atoms with Gasteiger partial charge in [0.2, 0.25) is 0 Å². The van der Waals surface area contributed by atoms with Crippen molar-refractivity contribution >= 4 is 9.84 Å². The Labute approximate surface area is 137 Å². The summed E-state index contributed by atoms with van der Waals surface area (Å²) in [5.74, 6) is 1.29. The minimum Gasteiger partial charge on any atom is -0.330 e. The highest BCUT2D eigenvalue weighted by Gasteiger charge is 2.21. The lowest BCUT2D eigenvalue weighted by molar-refractivity contribution is 0.216. The SMILES string of the molecule is Cc1nc2n(c1C)CCN(CCCS(=O)(=O)c1ccccc1)C2. The minimum atomic E-state index is -3.17. The minimum absolute atomic E-state index is 0.194. The number of nitrogens with zero attached hydrogens (tertiary/aromatic N) is 3. The van der Waals surface area contributed by atoms with Crippen molar-refractivity contribution in [1.29, 1.82) is 0 Å². The molecule has 1 aliphatic rings. The predicted molar refractivity (Wildman–Crippen MR) is 90.1 cm³/mol. The van der Waals surface area contributed by atoms with Gasteiger partial charge in [-0.05, 0) is 38.9 Å². The smallest absolute Gasteiger partial charge is 0.178 e. The van der Waals surface area contributed by atoms with Gasteiger partial charge in [-0.25, -0.2) is 13.4 Å². The Balaban J connectivity index is 1.56. The molecule has 0 aliphatic carbocycles. The van der Waals surface area contributed by atoms with Crippen molar-refractivity contribution in [2.75, 3.05) is 18.8 Å². The van der Waals surface area contributed by atoms with Crippen LogP contribution in [0.25, 0.3) is 0 Å². The maximum Gasteiger partial charge on any atom is 0.178 e. The number of fused-ring (bicyclic) bond motifs is 1. The zero-order valence-electron chi connectivity index (χ0n) is 13.7. The zero-order valence-corrected chi connectivity index (χ0v) is 14.5. The molecule has 3 rings (SSSR count). The molecule has 0 fully saturated rings. The van der Waals surface area contributed by atoms with E-state index < -0.39 is 9.84 Å². The van der Waals surface area contributed by atoms with E-state index in [9.17, 15) is 8.42 Å². The van der Waals surface area contributed by atoms with Gasteiger partial charge in [0, 0.05) is 18.8 Å². The monoisotopic (exact) mass is 333 g/mol. The predicted octanol–water partition coefficient (Wildman–Crippen LogP) is 2.18. The summed E-state index contributed by atoms with van der Waals surface area (Å²) in [6.45, 7) is 7.63. The molecular formula is C17H23N3O2S. The largest absolute Gasteiger partial charge is 0.330 e. The molecule has 1 aromatic carbocycles. The molecular weight excluding hydrogens is 310 g/mol. The standard InChI is InChI=1S/C17H23N3O2S/c1-14-15(2)20-11-10-19(13-17(20)18-14)9-6-12-23(21,22)16-7-4-3-5-8-16/h3-5,7-8H,6,9-13H2,1-2H3. The molecule has 0 saturated carbocycles. The summed E-state index contributed by atoms with van der Waals surface area (Å²) < 4.78 is 26.8. The first-order chi connectivity index (χ1) is 11.0. The number of imidazole rings is 1. The summed E-state index contributed by atoms with van der Waals surface area (Å²) in [6, 6.07) is 8.69. The molecule has 124 valence electrons. The third kappa shape index (κ3) is 3.48. The van der Waals surface area contributed by atoms with Crippen LogP contribution in [-0.2, 0) is 22.9 Å². The fourth-order valence-electron chi connectivity index (χ4n) is 3.08. The van der Waals surface area contributed by atoms with Gasteiger partial charge < -0.3 is 4.57 Å². The van der Waals surface area contributed by atoms with E-state index in [0.29, 0.717) is 11.3 Å². The Morgan fingerprint density at radius 1 is 1.13 bits per heavy atom. The molecule has 2 aromatic rings. The van der Waals surface area contributed by atoms with Crippen LogP contribution in [0.5, 0.6) is 0 Å². The van der Waals surface area contributed by atoms with E-state index in [0.717, 1.165) is 37.7 Å². The lowest BCUT2D eigenvalue weighted by Gasteiger charge is -2.28. The summed E-state index contributed by atoms with van der Waals surface area (Å²) >= 11 is 0. The fourth-order valence-corrected chi connectivity index (χ4v) is 4.39. The Hall–Kier alpha value is -1.66. The van der Waals surface area contributed by atoms with Gasteiger partial charge in [0.1, 0.15) is 5.82 Å². The zero-order chi connectivity index (χ0) is 16.4. The van der Waals surface area contributed by atoms with Crippen molar-refractivity contribution in [3.8, 4) is 0 Å². The maximum absolute atomic E-state index is 12.3. The Morgan fingerprint density at radius 2 is 1.87 bits per heavy atom. The van der Waals surface area contributed by atoms with E-state index in [1.54, 1.807) is 24.3 Å². The van der Waals surface area contributed by atoms with Gasteiger partial charge in [-0.1, -0.05) is 18.2 Å². The summed E-state index contributed by atoms with van der Waals surface area (Å²) in [7, 11) is -3.17. The highest BCUT2D eigenvalue weighted by atomic mass is 32.2. The number of hydrogen-bond acceptors (Lipinski definition) is 4. The molecule has 1 aromatic heterocycles. The average Bonchev–Trinajstić information content (AvgIpc) is 2.82. The Morgan fingerprint density at radius 3 is 2.61 bits per heavy atom. The number of hydrogen-bond donors (Lipinski definition) is 0. The number of sulfone groups is 1. The molecule has 0 spiro atoms. The molecule has 0 bridgehead atoms. The quantitative estimate of drug-likeness (QED) is 0.841. The molecule has 0 radical (unpaired) electrons. The highest BCUT2D eigenvalue weighted by molar-refractivity contribution is 7.91. The summed E-state index contributed by atoms with van der Waals surface area (Å²) in [6.07, 6.45) is 0.649. The van der Waals surface area contributed by atoms with Crippen LogP contribution in [0.3, 0.4) is 0 Å². The first-order valence-electron chi connectivity index (χ1n) is 8.00. The van der Waals surface area contributed by atoms with Crippen LogP contribution in [0.2, 0.25) is 0 Å². The maximum atomic E-state index is 12.3. The van der Waals surface area contributed by atoms with Gasteiger partial charge in [-0.3, -0.25) is 4.90 Å². The first kappa shape index (κ1) is 16.2. The third-order valence-electron chi connectivity index (χ3n) is 4.53. The second kappa shape index (κ2) is 6.45. The fraction of sp³-hybridized carbons (Fsp3) is 0.471. The molecule has 2 heterocycles. The Kier molecular flexibility index (Phi) is 4.55. The summed E-state index contributed by atoms with van der Waals surface area (Å²) in [4.78, 5) is 7.32. The van der Waals surface area contributed by atoms with Crippen LogP contribution in [0.15, 0.2) is 35.2 Å². The van der Waals surface area contributed by atoms with Gasteiger partial charge >= 0.3 is 0 Å². The van der Waals surface area contributed by atoms with Crippen molar-refractivity contribution in [2.45, 2.75) is 38.3 Å². The molecule has 0 saturated heterocycles. The van der Waals surface area contributed by atoms with Gasteiger partial charge in [-0.15, -0.1) is 0 Å². The number of aromatic nitrogens is 2. The average molecular weight is 333 g/mol. The molecule has 1 aliphatic heterocycles. The van der Waals surface area contributed by atoms with E-state index in [4.69, 9.17) is 0 Å². The normalized spacial score (nSPS) is 15.6. The summed E-state index contributed by atoms with van der Waals surface area (Å²) in [5, 5.41) is 0. The Bertz CT molecular complexity index is 782. The first-order valence-corrected chi connectivity index (χ1v) is 9.65. The van der Waals surface area contributed by atoms with E-state index in [-0.39, 0.29) is 5.75 Å². The van der Waals surface area contributed by atoms with Crippen molar-refractivity contribution in [1.82, 2.24) is 14.5 Å². The number of benzene rings is 1. The molecule has 0 N–H and O–H groups in total. The van der Waals surface area contributed by atoms with Crippen LogP contribution >= 0.6 is 0 Å². The molecule has 5 nitrogen and oxygen atoms in total. The molecule has 0 unspecified atom stereocenters. The van der Waals surface area contributed by atoms with Crippen LogP contribution < -0.4 is 0 Å². The lowest BCUT2D eigenvalue weighted by Crippen LogP contribution is -2.35. The lowest BCUT2D eigenvalue weighted by atomic mass is 10.3. The van der Waals surface area contributed by atoms with Crippen LogP contribution in [0.4, 0.5) is 0 Å². The van der Waals surface area contributed by atoms with Crippen LogP contribution in [-0.4, -0.2) is 41.7 Å². The van der Waals surface area contributed by atoms with Crippen molar-refractivity contribution in [3.05, 3.63) is 47.5 Å². The molecule has 23 heavy (non-hydrogen) atoms.